The second-order valence-corrected chi connectivity index (χ2v) is 5.62. The monoisotopic (exact) mass is 316 g/mol. The largest absolute Gasteiger partial charge is 0.340 e. The van der Waals surface area contributed by atoms with E-state index < -0.39 is 0 Å². The van der Waals surface area contributed by atoms with E-state index in [1.165, 1.54) is 5.56 Å². The average molecular weight is 316 g/mol. The van der Waals surface area contributed by atoms with Crippen LogP contribution in [0.4, 0.5) is 0 Å². The van der Waals surface area contributed by atoms with E-state index >= 15 is 0 Å². The van der Waals surface area contributed by atoms with Crippen molar-refractivity contribution < 1.29 is 4.79 Å². The first-order valence-electron chi connectivity index (χ1n) is 8.13. The molecule has 1 aromatic heterocycles. The molecule has 0 aliphatic rings. The molecule has 0 bridgehead atoms. The van der Waals surface area contributed by atoms with E-state index in [0.29, 0.717) is 5.56 Å². The topological polar surface area (TPSA) is 42.0 Å². The fraction of sp³-hybridized carbons (Fsp3) is 0.143. The molecule has 0 radical (unpaired) electrons. The molecule has 1 heterocycles. The van der Waals surface area contributed by atoms with Gasteiger partial charge < -0.3 is 5.32 Å². The van der Waals surface area contributed by atoms with E-state index in [0.717, 1.165) is 17.7 Å². The molecule has 120 valence electrons. The predicted molar refractivity (Wildman–Crippen MR) is 95.8 cm³/mol. The Kier molecular flexibility index (Phi) is 5.02. The van der Waals surface area contributed by atoms with Crippen LogP contribution in [0, 0.1) is 0 Å². The summed E-state index contributed by atoms with van der Waals surface area (Å²) in [6.45, 7) is 2.10. The number of hydrogen-bond donors (Lipinski definition) is 1. The predicted octanol–water partition coefficient (Wildman–Crippen LogP) is 4.16. The lowest BCUT2D eigenvalue weighted by molar-refractivity contribution is 0.0942. The van der Waals surface area contributed by atoms with E-state index in [9.17, 15) is 4.79 Å². The van der Waals surface area contributed by atoms with Gasteiger partial charge in [0.15, 0.2) is 0 Å². The lowest BCUT2D eigenvalue weighted by atomic mass is 10.0. The summed E-state index contributed by atoms with van der Waals surface area (Å²) in [6.07, 6.45) is 2.70. The van der Waals surface area contributed by atoms with Crippen LogP contribution >= 0.6 is 0 Å². The number of nitrogens with one attached hydrogen (secondary N) is 1. The number of hydrogen-bond acceptors (Lipinski definition) is 2. The van der Waals surface area contributed by atoms with Gasteiger partial charge in [-0.3, -0.25) is 9.78 Å². The zero-order valence-electron chi connectivity index (χ0n) is 13.6. The summed E-state index contributed by atoms with van der Waals surface area (Å²) in [5.74, 6) is -0.0999. The van der Waals surface area contributed by atoms with Crippen molar-refractivity contribution in [1.82, 2.24) is 10.3 Å². The molecule has 3 heteroatoms. The fourth-order valence-corrected chi connectivity index (χ4v) is 2.63. The molecule has 3 nitrogen and oxygen atoms in total. The first-order valence-corrected chi connectivity index (χ1v) is 8.13. The zero-order valence-corrected chi connectivity index (χ0v) is 13.6. The highest BCUT2D eigenvalue weighted by molar-refractivity contribution is 5.94. The van der Waals surface area contributed by atoms with Crippen LogP contribution in [0.1, 0.15) is 40.1 Å². The smallest absolute Gasteiger partial charge is 0.252 e. The molecule has 3 rings (SSSR count). The second kappa shape index (κ2) is 7.55. The summed E-state index contributed by atoms with van der Waals surface area (Å²) in [4.78, 5) is 17.1. The number of aryl methyl sites for hydroxylation is 1. The van der Waals surface area contributed by atoms with Crippen LogP contribution in [0.2, 0.25) is 0 Å². The van der Waals surface area contributed by atoms with Gasteiger partial charge in [-0.05, 0) is 41.8 Å². The normalized spacial score (nSPS) is 11.7. The Hall–Kier alpha value is -2.94. The van der Waals surface area contributed by atoms with Crippen LogP contribution in [0.25, 0.3) is 0 Å². The maximum Gasteiger partial charge on any atom is 0.252 e. The van der Waals surface area contributed by atoms with E-state index in [1.807, 2.05) is 72.8 Å². The van der Waals surface area contributed by atoms with E-state index in [-0.39, 0.29) is 11.9 Å². The fourth-order valence-electron chi connectivity index (χ4n) is 2.63. The highest BCUT2D eigenvalue weighted by Crippen LogP contribution is 2.20. The van der Waals surface area contributed by atoms with Gasteiger partial charge in [0, 0.05) is 11.8 Å². The Balaban J connectivity index is 1.87. The van der Waals surface area contributed by atoms with Crippen LogP contribution in [0.5, 0.6) is 0 Å². The van der Waals surface area contributed by atoms with Crippen molar-refractivity contribution in [3.63, 3.8) is 0 Å². The van der Waals surface area contributed by atoms with Gasteiger partial charge in [0.1, 0.15) is 0 Å². The Morgan fingerprint density at radius 1 is 0.958 bits per heavy atom. The van der Waals surface area contributed by atoms with E-state index in [4.69, 9.17) is 0 Å². The number of benzene rings is 2. The summed E-state index contributed by atoms with van der Waals surface area (Å²) < 4.78 is 0. The van der Waals surface area contributed by atoms with Gasteiger partial charge in [-0.1, -0.05) is 55.5 Å². The van der Waals surface area contributed by atoms with Crippen molar-refractivity contribution in [2.24, 2.45) is 0 Å². The number of rotatable bonds is 5. The van der Waals surface area contributed by atoms with E-state index in [1.54, 1.807) is 6.20 Å². The van der Waals surface area contributed by atoms with Gasteiger partial charge >= 0.3 is 0 Å². The van der Waals surface area contributed by atoms with Crippen LogP contribution in [-0.4, -0.2) is 10.9 Å². The van der Waals surface area contributed by atoms with Gasteiger partial charge in [-0.2, -0.15) is 0 Å². The first-order chi connectivity index (χ1) is 11.8. The molecule has 1 N–H and O–H groups in total. The Morgan fingerprint density at radius 3 is 2.29 bits per heavy atom. The Labute approximate surface area is 142 Å². The summed E-state index contributed by atoms with van der Waals surface area (Å²) >= 11 is 0. The summed E-state index contributed by atoms with van der Waals surface area (Å²) in [7, 11) is 0. The third-order valence-electron chi connectivity index (χ3n) is 4.02. The van der Waals surface area contributed by atoms with Gasteiger partial charge in [-0.25, -0.2) is 0 Å². The third-order valence-corrected chi connectivity index (χ3v) is 4.02. The van der Waals surface area contributed by atoms with Crippen molar-refractivity contribution in [2.75, 3.05) is 0 Å². The van der Waals surface area contributed by atoms with Crippen molar-refractivity contribution in [1.29, 1.82) is 0 Å². The minimum atomic E-state index is -0.272. The zero-order chi connectivity index (χ0) is 16.8. The molecule has 2 aromatic carbocycles. The van der Waals surface area contributed by atoms with Crippen molar-refractivity contribution in [3.8, 4) is 0 Å². The molecular formula is C21H20N2O. The first kappa shape index (κ1) is 15.9. The van der Waals surface area contributed by atoms with Gasteiger partial charge in [0.2, 0.25) is 0 Å². The van der Waals surface area contributed by atoms with Gasteiger partial charge in [0.25, 0.3) is 5.91 Å². The number of amides is 1. The lowest BCUT2D eigenvalue weighted by Gasteiger charge is -2.19. The Bertz CT molecular complexity index is 744. The van der Waals surface area contributed by atoms with Crippen LogP contribution in [-0.2, 0) is 6.42 Å². The number of aromatic nitrogens is 1. The average Bonchev–Trinajstić information content (AvgIpc) is 2.67. The molecule has 1 amide bonds. The van der Waals surface area contributed by atoms with Crippen LogP contribution in [0.15, 0.2) is 79.0 Å². The lowest BCUT2D eigenvalue weighted by Crippen LogP contribution is -2.29. The number of nitrogens with zero attached hydrogens (tertiary/aromatic N) is 1. The molecule has 1 unspecified atom stereocenters. The molecule has 0 fully saturated rings. The molecule has 3 aromatic rings. The number of carbonyl (C=O) groups is 1. The Morgan fingerprint density at radius 2 is 1.67 bits per heavy atom. The van der Waals surface area contributed by atoms with Crippen molar-refractivity contribution in [3.05, 3.63) is 101 Å². The maximum atomic E-state index is 12.7. The van der Waals surface area contributed by atoms with Gasteiger partial charge in [0.05, 0.1) is 11.7 Å². The molecule has 0 aliphatic carbocycles. The third kappa shape index (κ3) is 3.69. The number of carbonyl (C=O) groups excluding carboxylic acids is 1. The summed E-state index contributed by atoms with van der Waals surface area (Å²) in [5.41, 5.74) is 3.71. The molecule has 0 saturated heterocycles. The van der Waals surface area contributed by atoms with Crippen molar-refractivity contribution >= 4 is 5.91 Å². The minimum Gasteiger partial charge on any atom is -0.340 e. The molecule has 1 atom stereocenters. The van der Waals surface area contributed by atoms with Crippen LogP contribution in [0.3, 0.4) is 0 Å². The number of pyridine rings is 1. The molecule has 0 aliphatic heterocycles. The standard InChI is InChI=1S/C21H20N2O/c1-2-16-11-13-18(14-12-16)21(24)23-20(17-8-4-3-5-9-17)19-10-6-7-15-22-19/h3-15,20H,2H2,1H3,(H,23,24). The van der Waals surface area contributed by atoms with Crippen molar-refractivity contribution in [2.45, 2.75) is 19.4 Å². The van der Waals surface area contributed by atoms with Gasteiger partial charge in [-0.15, -0.1) is 0 Å². The SMILES string of the molecule is CCc1ccc(C(=O)NC(c2ccccc2)c2ccccn2)cc1. The molecule has 0 saturated carbocycles. The second-order valence-electron chi connectivity index (χ2n) is 5.62. The van der Waals surface area contributed by atoms with Crippen LogP contribution < -0.4 is 5.32 Å². The summed E-state index contributed by atoms with van der Waals surface area (Å²) in [5, 5.41) is 3.10. The minimum absolute atomic E-state index is 0.0999. The molecule has 0 spiro atoms. The van der Waals surface area contributed by atoms with E-state index in [2.05, 4.69) is 17.2 Å². The molecule has 24 heavy (non-hydrogen) atoms. The molecular weight excluding hydrogens is 296 g/mol. The highest BCUT2D eigenvalue weighted by Gasteiger charge is 2.18. The highest BCUT2D eigenvalue weighted by atomic mass is 16.1. The quantitative estimate of drug-likeness (QED) is 0.768. The summed E-state index contributed by atoms with van der Waals surface area (Å²) in [6, 6.07) is 23.1. The maximum absolute atomic E-state index is 12.7.